The molecular weight excluding hydrogens is 554 g/mol. The van der Waals surface area contributed by atoms with Gasteiger partial charge in [0.1, 0.15) is 31.1 Å². The lowest BCUT2D eigenvalue weighted by molar-refractivity contribution is -0.137. The third kappa shape index (κ3) is 8.16. The van der Waals surface area contributed by atoms with Crippen LogP contribution in [-0.2, 0) is 35.0 Å². The molecular formula is C32H37N3O8. The van der Waals surface area contributed by atoms with Gasteiger partial charge < -0.3 is 34.4 Å². The lowest BCUT2D eigenvalue weighted by Crippen LogP contribution is -2.51. The maximum atomic E-state index is 13.7. The van der Waals surface area contributed by atoms with Crippen LogP contribution in [0.1, 0.15) is 27.9 Å². The van der Waals surface area contributed by atoms with Crippen LogP contribution in [0.3, 0.4) is 0 Å². The molecule has 1 heterocycles. The number of nitrogens with zero attached hydrogens (tertiary/aromatic N) is 2. The molecule has 11 nitrogen and oxygen atoms in total. The van der Waals surface area contributed by atoms with E-state index >= 15 is 0 Å². The minimum atomic E-state index is -0.845. The van der Waals surface area contributed by atoms with E-state index in [1.165, 1.54) is 15.9 Å². The molecule has 1 aliphatic heterocycles. The fraction of sp³-hybridized carbons (Fsp3) is 0.375. The Bertz CT molecular complexity index is 1360. The average molecular weight is 592 g/mol. The Balaban J connectivity index is 1.47. The summed E-state index contributed by atoms with van der Waals surface area (Å²) in [6.45, 7) is -0.174. The zero-order valence-corrected chi connectivity index (χ0v) is 24.5. The van der Waals surface area contributed by atoms with Gasteiger partial charge in [-0.25, -0.2) is 4.79 Å². The molecule has 1 aliphatic carbocycles. The topological polar surface area (TPSA) is 135 Å². The fourth-order valence-electron chi connectivity index (χ4n) is 4.87. The van der Waals surface area contributed by atoms with E-state index in [0.29, 0.717) is 11.1 Å². The van der Waals surface area contributed by atoms with Crippen molar-refractivity contribution in [1.82, 2.24) is 15.1 Å². The van der Waals surface area contributed by atoms with Crippen molar-refractivity contribution in [3.8, 4) is 0 Å². The molecule has 1 fully saturated rings. The molecule has 0 unspecified atom stereocenters. The molecule has 4 atom stereocenters. The normalized spacial score (nSPS) is 20.1. The highest BCUT2D eigenvalue weighted by molar-refractivity contribution is 5.97. The number of aliphatic hydroxyl groups is 1. The summed E-state index contributed by atoms with van der Waals surface area (Å²) in [5.74, 6) is -1.55. The number of amides is 3. The van der Waals surface area contributed by atoms with Gasteiger partial charge in [-0.05, 0) is 35.4 Å². The Morgan fingerprint density at radius 2 is 1.77 bits per heavy atom. The first-order chi connectivity index (χ1) is 20.7. The van der Waals surface area contributed by atoms with Gasteiger partial charge in [-0.2, -0.15) is 0 Å². The number of likely N-dealkylation sites (N-methyl/N-ethyl adjacent to an activating group) is 2. The highest BCUT2D eigenvalue weighted by Crippen LogP contribution is 2.32. The summed E-state index contributed by atoms with van der Waals surface area (Å²) >= 11 is 0. The van der Waals surface area contributed by atoms with E-state index < -0.39 is 42.1 Å². The Kier molecular flexibility index (Phi) is 10.8. The predicted molar refractivity (Wildman–Crippen MR) is 157 cm³/mol. The lowest BCUT2D eigenvalue weighted by Gasteiger charge is -2.33. The molecule has 228 valence electrons. The summed E-state index contributed by atoms with van der Waals surface area (Å²) in [6, 6.07) is 15.1. The van der Waals surface area contributed by atoms with Gasteiger partial charge in [0.25, 0.3) is 0 Å². The Morgan fingerprint density at radius 1 is 1.05 bits per heavy atom. The van der Waals surface area contributed by atoms with Gasteiger partial charge in [-0.15, -0.1) is 0 Å². The molecule has 4 rings (SSSR count). The summed E-state index contributed by atoms with van der Waals surface area (Å²) in [5.41, 5.74) is 2.25. The Labute approximate surface area is 250 Å². The zero-order valence-electron chi connectivity index (χ0n) is 24.5. The van der Waals surface area contributed by atoms with Crippen molar-refractivity contribution in [1.29, 1.82) is 0 Å². The SMILES string of the molecule is CN(C)C(=O)C=Cc1ccc(C(=O)O[C@@H]2CC(C(=O)N(C)[C@H](Cc3ccccc3)C(=O)NCCO)=C[C@H]3OCO[C@H]32)cc1. The Morgan fingerprint density at radius 3 is 2.44 bits per heavy atom. The molecule has 0 spiro atoms. The second-order valence-electron chi connectivity index (χ2n) is 10.5. The van der Waals surface area contributed by atoms with Crippen LogP contribution in [0.2, 0.25) is 0 Å². The van der Waals surface area contributed by atoms with Crippen LogP contribution in [0.15, 0.2) is 72.3 Å². The van der Waals surface area contributed by atoms with Crippen LogP contribution >= 0.6 is 0 Å². The van der Waals surface area contributed by atoms with Crippen LogP contribution in [0.4, 0.5) is 0 Å². The summed E-state index contributed by atoms with van der Waals surface area (Å²) < 4.78 is 17.2. The van der Waals surface area contributed by atoms with E-state index in [2.05, 4.69) is 5.32 Å². The molecule has 1 saturated heterocycles. The van der Waals surface area contributed by atoms with Gasteiger partial charge in [-0.3, -0.25) is 14.4 Å². The first-order valence-electron chi connectivity index (χ1n) is 14.0. The van der Waals surface area contributed by atoms with Crippen molar-refractivity contribution in [2.24, 2.45) is 0 Å². The van der Waals surface area contributed by atoms with Crippen molar-refractivity contribution in [3.63, 3.8) is 0 Å². The first-order valence-corrected chi connectivity index (χ1v) is 14.0. The van der Waals surface area contributed by atoms with Crippen molar-refractivity contribution < 1.29 is 38.5 Å². The number of fused-ring (bicyclic) bond motifs is 1. The number of aliphatic hydroxyl groups excluding tert-OH is 1. The quantitative estimate of drug-likeness (QED) is 0.297. The zero-order chi connectivity index (χ0) is 30.9. The van der Waals surface area contributed by atoms with Gasteiger partial charge >= 0.3 is 5.97 Å². The van der Waals surface area contributed by atoms with E-state index in [0.717, 1.165) is 11.1 Å². The van der Waals surface area contributed by atoms with Gasteiger partial charge in [0.2, 0.25) is 17.7 Å². The van der Waals surface area contributed by atoms with E-state index in [9.17, 15) is 24.3 Å². The fourth-order valence-corrected chi connectivity index (χ4v) is 4.87. The van der Waals surface area contributed by atoms with Crippen LogP contribution in [0.25, 0.3) is 6.08 Å². The molecule has 0 saturated carbocycles. The van der Waals surface area contributed by atoms with E-state index in [1.807, 2.05) is 30.3 Å². The van der Waals surface area contributed by atoms with Crippen LogP contribution in [-0.4, -0.2) is 104 Å². The molecule has 2 aromatic carbocycles. The predicted octanol–water partition coefficient (Wildman–Crippen LogP) is 1.56. The summed E-state index contributed by atoms with van der Waals surface area (Å²) in [5, 5.41) is 11.9. The van der Waals surface area contributed by atoms with E-state index in [4.69, 9.17) is 14.2 Å². The highest BCUT2D eigenvalue weighted by Gasteiger charge is 2.43. The number of rotatable bonds is 11. The number of carbonyl (C=O) groups excluding carboxylic acids is 4. The second kappa shape index (κ2) is 14.7. The summed E-state index contributed by atoms with van der Waals surface area (Å²) in [6.07, 6.45) is 3.12. The molecule has 2 aliphatic rings. The maximum absolute atomic E-state index is 13.7. The van der Waals surface area contributed by atoms with Crippen LogP contribution < -0.4 is 5.32 Å². The van der Waals surface area contributed by atoms with Crippen molar-refractivity contribution >= 4 is 29.8 Å². The second-order valence-corrected chi connectivity index (χ2v) is 10.5. The number of hydrogen-bond donors (Lipinski definition) is 2. The number of carbonyl (C=O) groups is 4. The molecule has 0 aromatic heterocycles. The van der Waals surface area contributed by atoms with Crippen LogP contribution in [0, 0.1) is 0 Å². The summed E-state index contributed by atoms with van der Waals surface area (Å²) in [7, 11) is 4.87. The van der Waals surface area contributed by atoms with Gasteiger partial charge in [0.05, 0.1) is 12.2 Å². The van der Waals surface area contributed by atoms with Gasteiger partial charge in [0, 0.05) is 52.2 Å². The van der Waals surface area contributed by atoms with Gasteiger partial charge in [-0.1, -0.05) is 42.5 Å². The molecule has 0 bridgehead atoms. The highest BCUT2D eigenvalue weighted by atomic mass is 16.7. The standard InChI is InChI=1S/C32H37N3O8/c1-34(2)28(37)14-11-21-9-12-23(13-10-21)32(40)43-27-19-24(18-26-29(27)42-20-41-26)31(39)35(3)25(30(38)33-15-16-36)17-22-7-5-4-6-8-22/h4-14,18,25-27,29,36H,15-17,19-20H2,1-3H3,(H,33,38)/t25-,26-,27-,29-/m1/s1. The van der Waals surface area contributed by atoms with Gasteiger partial charge in [0.15, 0.2) is 0 Å². The molecule has 2 N–H and O–H groups in total. The van der Waals surface area contributed by atoms with Crippen molar-refractivity contribution in [2.75, 3.05) is 41.1 Å². The maximum Gasteiger partial charge on any atom is 0.338 e. The van der Waals surface area contributed by atoms with E-state index in [1.54, 1.807) is 57.6 Å². The third-order valence-corrected chi connectivity index (χ3v) is 7.31. The largest absolute Gasteiger partial charge is 0.456 e. The molecule has 0 radical (unpaired) electrons. The van der Waals surface area contributed by atoms with E-state index in [-0.39, 0.29) is 38.7 Å². The number of hydrogen-bond acceptors (Lipinski definition) is 8. The number of ether oxygens (including phenoxy) is 3. The van der Waals surface area contributed by atoms with Crippen molar-refractivity contribution in [2.45, 2.75) is 37.2 Å². The lowest BCUT2D eigenvalue weighted by atomic mass is 9.90. The number of esters is 1. The molecule has 43 heavy (non-hydrogen) atoms. The number of benzene rings is 2. The van der Waals surface area contributed by atoms with Crippen molar-refractivity contribution in [3.05, 3.63) is 89.0 Å². The molecule has 11 heteroatoms. The van der Waals surface area contributed by atoms with Crippen LogP contribution in [0.5, 0.6) is 0 Å². The third-order valence-electron chi connectivity index (χ3n) is 7.31. The minimum Gasteiger partial charge on any atom is -0.456 e. The Hall–Kier alpha value is -4.32. The first kappa shape index (κ1) is 31.6. The smallest absolute Gasteiger partial charge is 0.338 e. The molecule has 2 aromatic rings. The minimum absolute atomic E-state index is 0.00983. The average Bonchev–Trinajstić information content (AvgIpc) is 3.50. The monoisotopic (exact) mass is 591 g/mol. The summed E-state index contributed by atoms with van der Waals surface area (Å²) in [4.78, 5) is 54.5. The number of nitrogens with one attached hydrogen (secondary N) is 1. The molecule has 3 amide bonds.